The fraction of sp³-hybridized carbons (Fsp3) is 0.381. The third kappa shape index (κ3) is 5.19. The van der Waals surface area contributed by atoms with Gasteiger partial charge in [-0.05, 0) is 23.8 Å². The molecule has 0 spiro atoms. The zero-order valence-corrected chi connectivity index (χ0v) is 16.5. The van der Waals surface area contributed by atoms with Crippen LogP contribution in [0.2, 0.25) is 0 Å². The average molecular weight is 387 g/mol. The van der Waals surface area contributed by atoms with Gasteiger partial charge < -0.3 is 19.5 Å². The van der Waals surface area contributed by atoms with Crippen LogP contribution >= 0.6 is 12.2 Å². The normalized spacial score (nSPS) is 14.8. The van der Waals surface area contributed by atoms with E-state index in [0.717, 1.165) is 48.8 Å². The Morgan fingerprint density at radius 1 is 1.04 bits per heavy atom. The zero-order chi connectivity index (χ0) is 19.1. The van der Waals surface area contributed by atoms with Crippen molar-refractivity contribution >= 4 is 17.2 Å². The van der Waals surface area contributed by atoms with Crippen LogP contribution in [0.3, 0.4) is 0 Å². The van der Waals surface area contributed by atoms with Crippen molar-refractivity contribution in [2.75, 3.05) is 46.4 Å². The van der Waals surface area contributed by atoms with Crippen molar-refractivity contribution < 1.29 is 14.6 Å². The Labute approximate surface area is 166 Å². The van der Waals surface area contributed by atoms with Crippen molar-refractivity contribution in [2.24, 2.45) is 0 Å². The molecule has 0 unspecified atom stereocenters. The minimum absolute atomic E-state index is 0.200. The summed E-state index contributed by atoms with van der Waals surface area (Å²) in [6.07, 6.45) is 0. The van der Waals surface area contributed by atoms with Crippen molar-refractivity contribution in [1.29, 1.82) is 0 Å². The van der Waals surface area contributed by atoms with Gasteiger partial charge in [-0.2, -0.15) is 0 Å². The maximum Gasteiger partial charge on any atom is 0.161 e. The van der Waals surface area contributed by atoms with E-state index in [1.807, 2.05) is 48.5 Å². The lowest BCUT2D eigenvalue weighted by Gasteiger charge is -2.36. The summed E-state index contributed by atoms with van der Waals surface area (Å²) in [5, 5.41) is 9.06. The summed E-state index contributed by atoms with van der Waals surface area (Å²) >= 11 is 5.70. The van der Waals surface area contributed by atoms with Gasteiger partial charge >= 0.3 is 0 Å². The third-order valence-electron chi connectivity index (χ3n) is 4.72. The molecule has 144 valence electrons. The molecule has 6 heteroatoms. The van der Waals surface area contributed by atoms with Gasteiger partial charge in [0.05, 0.1) is 13.7 Å². The number of hydrogen-bond donors (Lipinski definition) is 1. The Morgan fingerprint density at radius 2 is 1.78 bits per heavy atom. The minimum Gasteiger partial charge on any atom is -0.493 e. The molecule has 0 radical (unpaired) electrons. The molecule has 1 aliphatic rings. The average Bonchev–Trinajstić information content (AvgIpc) is 2.73. The number of benzene rings is 2. The second-order valence-electron chi connectivity index (χ2n) is 6.50. The van der Waals surface area contributed by atoms with Crippen LogP contribution in [0.5, 0.6) is 11.5 Å². The number of rotatable bonds is 7. The number of nitrogens with zero attached hydrogens (tertiary/aromatic N) is 2. The highest BCUT2D eigenvalue weighted by atomic mass is 32.1. The van der Waals surface area contributed by atoms with E-state index in [1.165, 1.54) is 0 Å². The molecule has 0 atom stereocenters. The molecule has 1 N–H and O–H groups in total. The second kappa shape index (κ2) is 9.69. The van der Waals surface area contributed by atoms with Gasteiger partial charge in [0, 0.05) is 38.3 Å². The van der Waals surface area contributed by atoms with Crippen LogP contribution in [0, 0.1) is 0 Å². The van der Waals surface area contributed by atoms with Gasteiger partial charge in [-0.15, -0.1) is 0 Å². The van der Waals surface area contributed by atoms with E-state index in [9.17, 15) is 0 Å². The monoisotopic (exact) mass is 386 g/mol. The van der Waals surface area contributed by atoms with Gasteiger partial charge in [-0.1, -0.05) is 42.5 Å². The largest absolute Gasteiger partial charge is 0.493 e. The number of thiocarbonyl (C=S) groups is 1. The molecule has 1 saturated heterocycles. The Bertz CT molecular complexity index is 746. The van der Waals surface area contributed by atoms with Crippen LogP contribution < -0.4 is 9.47 Å². The molecule has 5 nitrogen and oxygen atoms in total. The van der Waals surface area contributed by atoms with E-state index < -0.39 is 0 Å². The van der Waals surface area contributed by atoms with Crippen molar-refractivity contribution in [2.45, 2.75) is 6.61 Å². The van der Waals surface area contributed by atoms with Gasteiger partial charge in [0.25, 0.3) is 0 Å². The standard InChI is InChI=1S/C21H26N2O3S/c1-25-20-15-18(21(27)23-11-9-22(10-12-23)13-14-24)7-8-19(20)26-16-17-5-3-2-4-6-17/h2-8,15,24H,9-14,16H2,1H3. The molecule has 1 heterocycles. The molecule has 1 aliphatic heterocycles. The Kier molecular flexibility index (Phi) is 7.04. The maximum atomic E-state index is 9.06. The number of methoxy groups -OCH3 is 1. The summed E-state index contributed by atoms with van der Waals surface area (Å²) in [5.74, 6) is 1.39. The van der Waals surface area contributed by atoms with E-state index in [-0.39, 0.29) is 6.61 Å². The van der Waals surface area contributed by atoms with Crippen LogP contribution in [0.15, 0.2) is 48.5 Å². The van der Waals surface area contributed by atoms with Crippen molar-refractivity contribution in [3.05, 3.63) is 59.7 Å². The molecule has 0 bridgehead atoms. The molecular formula is C21H26N2O3S. The molecule has 0 aliphatic carbocycles. The lowest BCUT2D eigenvalue weighted by molar-refractivity contribution is 0.148. The van der Waals surface area contributed by atoms with Crippen molar-refractivity contribution in [3.8, 4) is 11.5 Å². The zero-order valence-electron chi connectivity index (χ0n) is 15.6. The number of aliphatic hydroxyl groups excluding tert-OH is 1. The van der Waals surface area contributed by atoms with Gasteiger partial charge in [-0.3, -0.25) is 4.90 Å². The number of piperazine rings is 1. The summed E-state index contributed by atoms with van der Waals surface area (Å²) in [6.45, 7) is 4.98. The topological polar surface area (TPSA) is 45.2 Å². The van der Waals surface area contributed by atoms with Crippen LogP contribution in [-0.4, -0.2) is 66.3 Å². The molecule has 0 aromatic heterocycles. The first-order valence-corrected chi connectivity index (χ1v) is 9.59. The molecule has 1 fully saturated rings. The van der Waals surface area contributed by atoms with E-state index in [1.54, 1.807) is 7.11 Å². The highest BCUT2D eigenvalue weighted by Crippen LogP contribution is 2.29. The smallest absolute Gasteiger partial charge is 0.161 e. The number of aliphatic hydroxyl groups is 1. The van der Waals surface area contributed by atoms with Gasteiger partial charge in [0.1, 0.15) is 11.6 Å². The summed E-state index contributed by atoms with van der Waals surface area (Å²) in [5.41, 5.74) is 2.07. The fourth-order valence-electron chi connectivity index (χ4n) is 3.15. The third-order valence-corrected chi connectivity index (χ3v) is 5.22. The van der Waals surface area contributed by atoms with Crippen LogP contribution in [0.4, 0.5) is 0 Å². The molecular weight excluding hydrogens is 360 g/mol. The summed E-state index contributed by atoms with van der Waals surface area (Å²) in [7, 11) is 1.64. The quantitative estimate of drug-likeness (QED) is 0.738. The molecule has 3 rings (SSSR count). The molecule has 0 saturated carbocycles. The van der Waals surface area contributed by atoms with Gasteiger partial charge in [0.2, 0.25) is 0 Å². The van der Waals surface area contributed by atoms with Crippen molar-refractivity contribution in [3.63, 3.8) is 0 Å². The first kappa shape index (κ1) is 19.6. The molecule has 2 aromatic rings. The number of hydrogen-bond acceptors (Lipinski definition) is 5. The van der Waals surface area contributed by atoms with E-state index in [2.05, 4.69) is 9.80 Å². The Morgan fingerprint density at radius 3 is 2.44 bits per heavy atom. The maximum absolute atomic E-state index is 9.06. The Balaban J connectivity index is 1.64. The van der Waals surface area contributed by atoms with Gasteiger partial charge in [-0.25, -0.2) is 0 Å². The number of ether oxygens (including phenoxy) is 2. The molecule has 0 amide bonds. The second-order valence-corrected chi connectivity index (χ2v) is 6.88. The van der Waals surface area contributed by atoms with E-state index >= 15 is 0 Å². The molecule has 27 heavy (non-hydrogen) atoms. The highest BCUT2D eigenvalue weighted by molar-refractivity contribution is 7.80. The van der Waals surface area contributed by atoms with E-state index in [4.69, 9.17) is 26.8 Å². The van der Waals surface area contributed by atoms with Gasteiger partial charge in [0.15, 0.2) is 11.5 Å². The lowest BCUT2D eigenvalue weighted by Crippen LogP contribution is -2.49. The predicted octanol–water partition coefficient (Wildman–Crippen LogP) is 2.56. The van der Waals surface area contributed by atoms with E-state index in [0.29, 0.717) is 18.1 Å². The van der Waals surface area contributed by atoms with Crippen molar-refractivity contribution in [1.82, 2.24) is 9.80 Å². The Hall–Kier alpha value is -2.15. The van der Waals surface area contributed by atoms with Crippen LogP contribution in [0.1, 0.15) is 11.1 Å². The summed E-state index contributed by atoms with van der Waals surface area (Å²) in [4.78, 5) is 5.29. The summed E-state index contributed by atoms with van der Waals surface area (Å²) in [6, 6.07) is 15.9. The van der Waals surface area contributed by atoms with Crippen LogP contribution in [-0.2, 0) is 6.61 Å². The highest BCUT2D eigenvalue weighted by Gasteiger charge is 2.20. The summed E-state index contributed by atoms with van der Waals surface area (Å²) < 4.78 is 11.4. The van der Waals surface area contributed by atoms with Crippen LogP contribution in [0.25, 0.3) is 0 Å². The molecule has 2 aromatic carbocycles. The number of β-amino-alcohol motifs (C(OH)–C–C–N with tert-alkyl or cyclic N) is 1. The lowest BCUT2D eigenvalue weighted by atomic mass is 10.1. The minimum atomic E-state index is 0.200. The SMILES string of the molecule is COc1cc(C(=S)N2CCN(CCO)CC2)ccc1OCc1ccccc1. The first-order valence-electron chi connectivity index (χ1n) is 9.18. The first-order chi connectivity index (χ1) is 13.2. The fourth-order valence-corrected chi connectivity index (χ4v) is 3.46. The predicted molar refractivity (Wildman–Crippen MR) is 111 cm³/mol.